The monoisotopic (exact) mass is 590 g/mol. The van der Waals surface area contributed by atoms with Crippen molar-refractivity contribution in [2.45, 2.75) is 32.5 Å². The minimum Gasteiger partial charge on any atom is -0.497 e. The number of aliphatic hydroxyl groups excluding tert-OH is 1. The third-order valence-electron chi connectivity index (χ3n) is 7.67. The lowest BCUT2D eigenvalue weighted by atomic mass is 9.99. The number of fused-ring (bicyclic) bond motifs is 2. The van der Waals surface area contributed by atoms with E-state index in [1.807, 2.05) is 45.2 Å². The van der Waals surface area contributed by atoms with Gasteiger partial charge in [-0.25, -0.2) is 4.79 Å². The van der Waals surface area contributed by atoms with Crippen molar-refractivity contribution in [3.63, 3.8) is 0 Å². The molecule has 0 unspecified atom stereocenters. The number of anilines is 2. The predicted molar refractivity (Wildman–Crippen MR) is 162 cm³/mol. The molecule has 0 bridgehead atoms. The first kappa shape index (κ1) is 30.0. The summed E-state index contributed by atoms with van der Waals surface area (Å²) in [5.41, 5.74) is 2.32. The maximum atomic E-state index is 13.8. The molecule has 3 N–H and O–H groups in total. The summed E-state index contributed by atoms with van der Waals surface area (Å²) in [4.78, 5) is 30.7. The molecule has 0 radical (unpaired) electrons. The molecule has 2 aliphatic rings. The number of nitrogens with zero attached hydrogens (tertiary/aromatic N) is 2. The van der Waals surface area contributed by atoms with Gasteiger partial charge in [-0.1, -0.05) is 25.1 Å². The molecule has 3 amide bonds. The van der Waals surface area contributed by atoms with Crippen molar-refractivity contribution >= 4 is 23.3 Å². The molecule has 2 aliphatic heterocycles. The molecule has 0 saturated heterocycles. The lowest BCUT2D eigenvalue weighted by Crippen LogP contribution is -2.49. The highest BCUT2D eigenvalue weighted by Crippen LogP contribution is 2.36. The highest BCUT2D eigenvalue weighted by molar-refractivity contribution is 6.04. The van der Waals surface area contributed by atoms with Crippen LogP contribution in [-0.4, -0.2) is 79.6 Å². The lowest BCUT2D eigenvalue weighted by Gasteiger charge is -2.38. The van der Waals surface area contributed by atoms with E-state index in [1.165, 1.54) is 0 Å². The lowest BCUT2D eigenvalue weighted by molar-refractivity contribution is 0.0343. The Balaban J connectivity index is 1.39. The maximum absolute atomic E-state index is 13.8. The van der Waals surface area contributed by atoms with E-state index < -0.39 is 12.1 Å². The van der Waals surface area contributed by atoms with Gasteiger partial charge in [0.25, 0.3) is 5.91 Å². The van der Waals surface area contributed by atoms with Crippen LogP contribution in [0.25, 0.3) is 0 Å². The number of carbonyl (C=O) groups is 2. The number of urea groups is 1. The topological polar surface area (TPSA) is 122 Å². The zero-order valence-corrected chi connectivity index (χ0v) is 24.8. The standard InChI is InChI=1S/C32H38N4O7/c1-20-15-36(21(2)18-37)31(38)25-6-5-7-26(34-32(39)33-23-10-13-27-28(14-23)42-19-41-27)30(25)43-29(20)17-35(3)16-22-8-11-24(40-4)12-9-22/h5-14,20-21,29,37H,15-19H2,1-4H3,(H2,33,34,39)/t20-,21+,29+/m0/s1. The summed E-state index contributed by atoms with van der Waals surface area (Å²) >= 11 is 0. The first-order chi connectivity index (χ1) is 20.7. The maximum Gasteiger partial charge on any atom is 0.323 e. The first-order valence-electron chi connectivity index (χ1n) is 14.3. The SMILES string of the molecule is COc1ccc(CN(C)C[C@H]2Oc3c(NC(=O)Nc4ccc5c(c4)OCO5)cccc3C(=O)N([C@H](C)CO)C[C@@H]2C)cc1. The summed E-state index contributed by atoms with van der Waals surface area (Å²) in [5, 5.41) is 15.6. The van der Waals surface area contributed by atoms with Crippen LogP contribution in [0.5, 0.6) is 23.0 Å². The second-order valence-electron chi connectivity index (χ2n) is 11.0. The Morgan fingerprint density at radius 3 is 2.63 bits per heavy atom. The van der Waals surface area contributed by atoms with Crippen LogP contribution in [0.3, 0.4) is 0 Å². The number of methoxy groups -OCH3 is 1. The fraction of sp³-hybridized carbons (Fsp3) is 0.375. The number of benzene rings is 3. The number of aliphatic hydroxyl groups is 1. The number of carbonyl (C=O) groups excluding carboxylic acids is 2. The third-order valence-corrected chi connectivity index (χ3v) is 7.67. The van der Waals surface area contributed by atoms with Crippen molar-refractivity contribution in [1.29, 1.82) is 0 Å². The van der Waals surface area contributed by atoms with Gasteiger partial charge in [0.15, 0.2) is 17.2 Å². The fourth-order valence-corrected chi connectivity index (χ4v) is 5.23. The van der Waals surface area contributed by atoms with E-state index in [0.717, 1.165) is 11.3 Å². The summed E-state index contributed by atoms with van der Waals surface area (Å²) in [6.45, 7) is 5.45. The molecule has 0 spiro atoms. The van der Waals surface area contributed by atoms with Crippen LogP contribution in [0.1, 0.15) is 29.8 Å². The van der Waals surface area contributed by atoms with Crippen LogP contribution in [0, 0.1) is 5.92 Å². The van der Waals surface area contributed by atoms with Gasteiger partial charge in [0.1, 0.15) is 11.9 Å². The van der Waals surface area contributed by atoms with Crippen molar-refractivity contribution in [2.24, 2.45) is 5.92 Å². The molecule has 5 rings (SSSR count). The van der Waals surface area contributed by atoms with E-state index in [4.69, 9.17) is 18.9 Å². The Kier molecular flexibility index (Phi) is 9.22. The summed E-state index contributed by atoms with van der Waals surface area (Å²) in [7, 11) is 3.66. The normalized spacial score (nSPS) is 18.3. The average molecular weight is 591 g/mol. The van der Waals surface area contributed by atoms with Crippen molar-refractivity contribution in [2.75, 3.05) is 51.3 Å². The second-order valence-corrected chi connectivity index (χ2v) is 11.0. The molecule has 3 aromatic rings. The van der Waals surface area contributed by atoms with Crippen molar-refractivity contribution in [3.8, 4) is 23.0 Å². The van der Waals surface area contributed by atoms with Gasteiger partial charge in [0.05, 0.1) is 31.0 Å². The van der Waals surface area contributed by atoms with Gasteiger partial charge in [0.2, 0.25) is 6.79 Å². The Morgan fingerprint density at radius 2 is 1.88 bits per heavy atom. The van der Waals surface area contributed by atoms with Gasteiger partial charge in [0, 0.05) is 37.3 Å². The molecule has 0 saturated carbocycles. The van der Waals surface area contributed by atoms with E-state index in [1.54, 1.807) is 48.4 Å². The molecule has 11 heteroatoms. The van der Waals surface area contributed by atoms with Crippen molar-refractivity contribution in [3.05, 3.63) is 71.8 Å². The molecule has 11 nitrogen and oxygen atoms in total. The Bertz CT molecular complexity index is 1450. The largest absolute Gasteiger partial charge is 0.497 e. The number of amides is 3. The number of rotatable bonds is 9. The molecule has 228 valence electrons. The molecule has 43 heavy (non-hydrogen) atoms. The number of para-hydroxylation sites is 1. The van der Waals surface area contributed by atoms with E-state index >= 15 is 0 Å². The summed E-state index contributed by atoms with van der Waals surface area (Å²) < 4.78 is 22.6. The molecule has 0 aromatic heterocycles. The van der Waals surface area contributed by atoms with Gasteiger partial charge in [-0.05, 0) is 55.9 Å². The quantitative estimate of drug-likeness (QED) is 0.335. The average Bonchev–Trinajstić information content (AvgIpc) is 3.47. The second kappa shape index (κ2) is 13.2. The minimum absolute atomic E-state index is 0.0834. The molecule has 3 aromatic carbocycles. The molecule has 0 fully saturated rings. The number of nitrogens with one attached hydrogen (secondary N) is 2. The van der Waals surface area contributed by atoms with E-state index in [0.29, 0.717) is 48.1 Å². The van der Waals surface area contributed by atoms with Gasteiger partial charge in [-0.15, -0.1) is 0 Å². The summed E-state index contributed by atoms with van der Waals surface area (Å²) in [6, 6.07) is 17.2. The van der Waals surface area contributed by atoms with Crippen LogP contribution >= 0.6 is 0 Å². The zero-order valence-electron chi connectivity index (χ0n) is 24.8. The number of likely N-dealkylation sites (N-methyl/N-ethyl adjacent to an activating group) is 1. The molecular formula is C32H38N4O7. The Hall–Kier alpha value is -4.48. The van der Waals surface area contributed by atoms with Crippen LogP contribution in [-0.2, 0) is 6.54 Å². The van der Waals surface area contributed by atoms with Gasteiger partial charge < -0.3 is 39.6 Å². The zero-order chi connectivity index (χ0) is 30.5. The predicted octanol–water partition coefficient (Wildman–Crippen LogP) is 4.42. The van der Waals surface area contributed by atoms with Gasteiger partial charge in [-0.3, -0.25) is 9.69 Å². The Labute approximate surface area is 251 Å². The van der Waals surface area contributed by atoms with Crippen molar-refractivity contribution in [1.82, 2.24) is 9.80 Å². The molecule has 0 aliphatic carbocycles. The molecule has 2 heterocycles. The Morgan fingerprint density at radius 1 is 1.12 bits per heavy atom. The molecule has 3 atom stereocenters. The van der Waals surface area contributed by atoms with Crippen LogP contribution < -0.4 is 29.6 Å². The molecular weight excluding hydrogens is 552 g/mol. The number of hydrogen-bond donors (Lipinski definition) is 3. The fourth-order valence-electron chi connectivity index (χ4n) is 5.23. The van der Waals surface area contributed by atoms with Crippen molar-refractivity contribution < 1.29 is 33.6 Å². The van der Waals surface area contributed by atoms with Gasteiger partial charge in [-0.2, -0.15) is 0 Å². The first-order valence-corrected chi connectivity index (χ1v) is 14.3. The van der Waals surface area contributed by atoms with Crippen LogP contribution in [0.4, 0.5) is 16.2 Å². The highest BCUT2D eigenvalue weighted by Gasteiger charge is 2.34. The summed E-state index contributed by atoms with van der Waals surface area (Å²) in [6.07, 6.45) is -0.330. The van der Waals surface area contributed by atoms with E-state index in [-0.39, 0.29) is 37.1 Å². The highest BCUT2D eigenvalue weighted by atomic mass is 16.7. The van der Waals surface area contributed by atoms with Crippen LogP contribution in [0.2, 0.25) is 0 Å². The summed E-state index contributed by atoms with van der Waals surface area (Å²) in [5.74, 6) is 1.89. The number of ether oxygens (including phenoxy) is 4. The smallest absolute Gasteiger partial charge is 0.323 e. The van der Waals surface area contributed by atoms with Gasteiger partial charge >= 0.3 is 6.03 Å². The minimum atomic E-state index is -0.507. The van der Waals surface area contributed by atoms with E-state index in [2.05, 4.69) is 15.5 Å². The third kappa shape index (κ3) is 6.95. The number of hydrogen-bond acceptors (Lipinski definition) is 8. The van der Waals surface area contributed by atoms with E-state index in [9.17, 15) is 14.7 Å². The van der Waals surface area contributed by atoms with Crippen LogP contribution in [0.15, 0.2) is 60.7 Å².